The van der Waals surface area contributed by atoms with E-state index in [9.17, 15) is 4.79 Å². The van der Waals surface area contributed by atoms with Gasteiger partial charge in [-0.1, -0.05) is 0 Å². The summed E-state index contributed by atoms with van der Waals surface area (Å²) < 4.78 is 16.6. The number of hydrogen-bond acceptors (Lipinski definition) is 7. The van der Waals surface area contributed by atoms with E-state index in [1.807, 2.05) is 44.2 Å². The van der Waals surface area contributed by atoms with E-state index in [1.165, 1.54) is 0 Å². The van der Waals surface area contributed by atoms with Crippen molar-refractivity contribution < 1.29 is 19.0 Å². The summed E-state index contributed by atoms with van der Waals surface area (Å²) in [5, 5.41) is 3.19. The fourth-order valence-corrected chi connectivity index (χ4v) is 3.07. The Bertz CT molecular complexity index is 1100. The van der Waals surface area contributed by atoms with Gasteiger partial charge in [0.05, 0.1) is 17.1 Å². The summed E-state index contributed by atoms with van der Waals surface area (Å²) in [6.07, 6.45) is -0.262. The van der Waals surface area contributed by atoms with E-state index in [4.69, 9.17) is 14.2 Å². The van der Waals surface area contributed by atoms with Gasteiger partial charge in [0.2, 0.25) is 0 Å². The second kappa shape index (κ2) is 7.58. The maximum absolute atomic E-state index is 12.7. The molecule has 0 radical (unpaired) electrons. The third-order valence-corrected chi connectivity index (χ3v) is 4.62. The summed E-state index contributed by atoms with van der Waals surface area (Å²) >= 11 is 0. The number of carbonyl (C=O) groups is 1. The molecule has 7 heteroatoms. The molecule has 2 heterocycles. The topological polar surface area (TPSA) is 82.6 Å². The molecule has 1 N–H and O–H groups in total. The SMILES string of the molecule is Cc1cc2nc(Nc3ccc4c(c3)OCCO4)c(C(=O)OC(C)C)nc2cc1C. The Morgan fingerprint density at radius 1 is 1.00 bits per heavy atom. The van der Waals surface area contributed by atoms with Crippen molar-refractivity contribution in [1.82, 2.24) is 9.97 Å². The van der Waals surface area contributed by atoms with Crippen molar-refractivity contribution in [2.75, 3.05) is 18.5 Å². The number of rotatable bonds is 4. The molecule has 0 bridgehead atoms. The van der Waals surface area contributed by atoms with Crippen LogP contribution in [0, 0.1) is 13.8 Å². The molecule has 0 saturated carbocycles. The fourth-order valence-electron chi connectivity index (χ4n) is 3.07. The summed E-state index contributed by atoms with van der Waals surface area (Å²) in [6, 6.07) is 9.38. The number of benzene rings is 2. The number of nitrogens with zero attached hydrogens (tertiary/aromatic N) is 2. The van der Waals surface area contributed by atoms with Crippen LogP contribution in [0.3, 0.4) is 0 Å². The molecule has 7 nitrogen and oxygen atoms in total. The monoisotopic (exact) mass is 393 g/mol. The first-order valence-corrected chi connectivity index (χ1v) is 9.57. The molecule has 29 heavy (non-hydrogen) atoms. The zero-order valence-corrected chi connectivity index (χ0v) is 16.9. The molecule has 0 saturated heterocycles. The van der Waals surface area contributed by atoms with Crippen molar-refractivity contribution in [3.8, 4) is 11.5 Å². The number of anilines is 2. The molecule has 0 spiro atoms. The normalized spacial score (nSPS) is 12.9. The van der Waals surface area contributed by atoms with Gasteiger partial charge in [-0.2, -0.15) is 0 Å². The Labute approximate surface area is 169 Å². The van der Waals surface area contributed by atoms with Crippen molar-refractivity contribution in [3.63, 3.8) is 0 Å². The van der Waals surface area contributed by atoms with Crippen LogP contribution in [0.5, 0.6) is 11.5 Å². The lowest BCUT2D eigenvalue weighted by Crippen LogP contribution is -2.17. The number of esters is 1. The highest BCUT2D eigenvalue weighted by molar-refractivity contribution is 5.96. The van der Waals surface area contributed by atoms with Crippen LogP contribution in [0.4, 0.5) is 11.5 Å². The van der Waals surface area contributed by atoms with E-state index in [0.717, 1.165) is 11.1 Å². The first-order chi connectivity index (χ1) is 13.9. The van der Waals surface area contributed by atoms with Crippen molar-refractivity contribution in [2.45, 2.75) is 33.8 Å². The van der Waals surface area contributed by atoms with Crippen LogP contribution in [0.1, 0.15) is 35.5 Å². The largest absolute Gasteiger partial charge is 0.486 e. The maximum atomic E-state index is 12.7. The van der Waals surface area contributed by atoms with E-state index in [-0.39, 0.29) is 11.8 Å². The zero-order chi connectivity index (χ0) is 20.5. The second-order valence-electron chi connectivity index (χ2n) is 7.28. The predicted octanol–water partition coefficient (Wildman–Crippen LogP) is 4.33. The van der Waals surface area contributed by atoms with Crippen LogP contribution in [-0.4, -0.2) is 35.3 Å². The van der Waals surface area contributed by atoms with E-state index >= 15 is 0 Å². The minimum absolute atomic E-state index is 0.143. The number of hydrogen-bond donors (Lipinski definition) is 1. The lowest BCUT2D eigenvalue weighted by Gasteiger charge is -2.19. The summed E-state index contributed by atoms with van der Waals surface area (Å²) in [4.78, 5) is 21.9. The van der Waals surface area contributed by atoms with Crippen molar-refractivity contribution in [1.29, 1.82) is 0 Å². The van der Waals surface area contributed by atoms with Crippen molar-refractivity contribution in [2.24, 2.45) is 0 Å². The number of carbonyl (C=O) groups excluding carboxylic acids is 1. The van der Waals surface area contributed by atoms with E-state index in [2.05, 4.69) is 15.3 Å². The Hall–Kier alpha value is -3.35. The smallest absolute Gasteiger partial charge is 0.361 e. The summed E-state index contributed by atoms with van der Waals surface area (Å²) in [6.45, 7) is 8.65. The molecule has 150 valence electrons. The first kappa shape index (κ1) is 19.0. The van der Waals surface area contributed by atoms with Crippen LogP contribution in [0.25, 0.3) is 11.0 Å². The Balaban J connectivity index is 1.78. The Morgan fingerprint density at radius 3 is 2.34 bits per heavy atom. The molecule has 0 aliphatic carbocycles. The molecular formula is C22H23N3O4. The molecular weight excluding hydrogens is 370 g/mol. The minimum atomic E-state index is -0.521. The highest BCUT2D eigenvalue weighted by Gasteiger charge is 2.21. The van der Waals surface area contributed by atoms with Gasteiger partial charge in [-0.25, -0.2) is 14.8 Å². The third kappa shape index (κ3) is 3.94. The molecule has 4 rings (SSSR count). The molecule has 0 amide bonds. The predicted molar refractivity (Wildman–Crippen MR) is 110 cm³/mol. The number of nitrogens with one attached hydrogen (secondary N) is 1. The van der Waals surface area contributed by atoms with Gasteiger partial charge in [-0.3, -0.25) is 0 Å². The van der Waals surface area contributed by atoms with Gasteiger partial charge in [0.15, 0.2) is 23.0 Å². The number of ether oxygens (including phenoxy) is 3. The first-order valence-electron chi connectivity index (χ1n) is 9.57. The third-order valence-electron chi connectivity index (χ3n) is 4.62. The molecule has 1 aliphatic heterocycles. The van der Waals surface area contributed by atoms with Crippen LogP contribution >= 0.6 is 0 Å². The van der Waals surface area contributed by atoms with Gasteiger partial charge < -0.3 is 19.5 Å². The molecule has 0 atom stereocenters. The van der Waals surface area contributed by atoms with Gasteiger partial charge in [0, 0.05) is 11.8 Å². The minimum Gasteiger partial charge on any atom is -0.486 e. The highest BCUT2D eigenvalue weighted by atomic mass is 16.6. The van der Waals surface area contributed by atoms with Crippen LogP contribution in [0.2, 0.25) is 0 Å². The average molecular weight is 393 g/mol. The van der Waals surface area contributed by atoms with Crippen LogP contribution < -0.4 is 14.8 Å². The van der Waals surface area contributed by atoms with Gasteiger partial charge in [0.1, 0.15) is 13.2 Å². The molecule has 1 aliphatic rings. The number of aromatic nitrogens is 2. The number of aryl methyl sites for hydroxylation is 2. The van der Waals surface area contributed by atoms with Gasteiger partial charge >= 0.3 is 5.97 Å². The summed E-state index contributed by atoms with van der Waals surface area (Å²) in [5.41, 5.74) is 4.40. The molecule has 2 aromatic carbocycles. The van der Waals surface area contributed by atoms with Gasteiger partial charge in [-0.15, -0.1) is 0 Å². The molecule has 1 aromatic heterocycles. The van der Waals surface area contributed by atoms with E-state index in [0.29, 0.717) is 47.3 Å². The molecule has 0 unspecified atom stereocenters. The molecule has 0 fully saturated rings. The summed E-state index contributed by atoms with van der Waals surface area (Å²) in [7, 11) is 0. The van der Waals surface area contributed by atoms with Crippen molar-refractivity contribution in [3.05, 3.63) is 47.2 Å². The average Bonchev–Trinajstić information content (AvgIpc) is 2.68. The van der Waals surface area contributed by atoms with E-state index < -0.39 is 5.97 Å². The standard InChI is InChI=1S/C22H23N3O4/c1-12(2)29-22(26)20-21(25-17-10-14(4)13(3)9-16(17)24-20)23-15-5-6-18-19(11-15)28-8-7-27-18/h5-6,9-12H,7-8H2,1-4H3,(H,23,25). The maximum Gasteiger partial charge on any atom is 0.361 e. The highest BCUT2D eigenvalue weighted by Crippen LogP contribution is 2.34. The van der Waals surface area contributed by atoms with E-state index in [1.54, 1.807) is 13.8 Å². The summed E-state index contributed by atoms with van der Waals surface area (Å²) in [5.74, 6) is 1.15. The Morgan fingerprint density at radius 2 is 1.66 bits per heavy atom. The van der Waals surface area contributed by atoms with Crippen LogP contribution in [0.15, 0.2) is 30.3 Å². The van der Waals surface area contributed by atoms with Crippen LogP contribution in [-0.2, 0) is 4.74 Å². The molecule has 3 aromatic rings. The number of fused-ring (bicyclic) bond motifs is 2. The fraction of sp³-hybridized carbons (Fsp3) is 0.318. The van der Waals surface area contributed by atoms with Gasteiger partial charge in [-0.05, 0) is 63.1 Å². The Kier molecular flexibility index (Phi) is 4.96. The lowest BCUT2D eigenvalue weighted by molar-refractivity contribution is 0.0372. The second-order valence-corrected chi connectivity index (χ2v) is 7.28. The van der Waals surface area contributed by atoms with Crippen molar-refractivity contribution >= 4 is 28.5 Å². The zero-order valence-electron chi connectivity index (χ0n) is 16.9. The quantitative estimate of drug-likeness (QED) is 0.661. The van der Waals surface area contributed by atoms with Gasteiger partial charge in [0.25, 0.3) is 0 Å². The lowest BCUT2D eigenvalue weighted by atomic mass is 10.1.